The van der Waals surface area contributed by atoms with E-state index in [2.05, 4.69) is 0 Å². The molecule has 1 rings (SSSR count). The molecule has 1 aliphatic heterocycles. The Hall–Kier alpha value is -0.910. The lowest BCUT2D eigenvalue weighted by Crippen LogP contribution is -2.62. The average Bonchev–Trinajstić information content (AvgIpc) is 2.01. The molecule has 74 valence electrons. The number of β-lactam (4-membered cyclic amide) rings is 1. The Morgan fingerprint density at radius 1 is 1.69 bits per heavy atom. The summed E-state index contributed by atoms with van der Waals surface area (Å²) in [5.74, 6) is -1.62. The third-order valence-electron chi connectivity index (χ3n) is 2.05. The van der Waals surface area contributed by atoms with Crippen LogP contribution in [0.25, 0.3) is 0 Å². The van der Waals surface area contributed by atoms with Gasteiger partial charge in [-0.1, -0.05) is 6.92 Å². The van der Waals surface area contributed by atoms with Gasteiger partial charge in [0.25, 0.3) is 0 Å². The monoisotopic (exact) mass is 205 g/mol. The zero-order valence-corrected chi connectivity index (χ0v) is 8.21. The van der Waals surface area contributed by atoms with Gasteiger partial charge in [0.15, 0.2) is 0 Å². The maximum atomic E-state index is 11.1. The number of carbonyl (C=O) groups excluding carboxylic acids is 1. The van der Waals surface area contributed by atoms with Crippen molar-refractivity contribution in [2.75, 3.05) is 12.8 Å². The summed E-state index contributed by atoms with van der Waals surface area (Å²) in [7, 11) is -1.18. The number of rotatable bonds is 3. The SMILES string of the molecule is CC1C(=O)N(CC(=O)O)C1S(C)=O. The maximum absolute atomic E-state index is 11.1. The first kappa shape index (κ1) is 10.2. The van der Waals surface area contributed by atoms with Crippen molar-refractivity contribution < 1.29 is 18.9 Å². The molecule has 0 saturated carbocycles. The zero-order valence-electron chi connectivity index (χ0n) is 7.39. The molecule has 1 saturated heterocycles. The van der Waals surface area contributed by atoms with Crippen molar-refractivity contribution in [1.82, 2.24) is 4.90 Å². The molecule has 0 radical (unpaired) electrons. The van der Waals surface area contributed by atoms with Crippen LogP contribution in [0.4, 0.5) is 0 Å². The Morgan fingerprint density at radius 3 is 2.62 bits per heavy atom. The van der Waals surface area contributed by atoms with Crippen LogP contribution in [0.5, 0.6) is 0 Å². The van der Waals surface area contributed by atoms with Crippen molar-refractivity contribution in [3.8, 4) is 0 Å². The van der Waals surface area contributed by atoms with Crippen LogP contribution in [0.3, 0.4) is 0 Å². The summed E-state index contributed by atoms with van der Waals surface area (Å²) in [5.41, 5.74) is 0. The van der Waals surface area contributed by atoms with Crippen molar-refractivity contribution >= 4 is 22.7 Å². The number of likely N-dealkylation sites (tertiary alicyclic amines) is 1. The third kappa shape index (κ3) is 1.72. The van der Waals surface area contributed by atoms with E-state index >= 15 is 0 Å². The van der Waals surface area contributed by atoms with E-state index < -0.39 is 22.1 Å². The highest BCUT2D eigenvalue weighted by molar-refractivity contribution is 7.85. The highest BCUT2D eigenvalue weighted by Crippen LogP contribution is 2.27. The summed E-state index contributed by atoms with van der Waals surface area (Å²) in [6, 6.07) is 0. The molecule has 1 fully saturated rings. The molecular weight excluding hydrogens is 194 g/mol. The van der Waals surface area contributed by atoms with Gasteiger partial charge in [0.1, 0.15) is 11.9 Å². The van der Waals surface area contributed by atoms with Gasteiger partial charge in [-0.15, -0.1) is 0 Å². The summed E-state index contributed by atoms with van der Waals surface area (Å²) in [4.78, 5) is 22.6. The molecule has 1 aliphatic rings. The average molecular weight is 205 g/mol. The van der Waals surface area contributed by atoms with E-state index in [4.69, 9.17) is 5.11 Å². The molecule has 1 N–H and O–H groups in total. The van der Waals surface area contributed by atoms with Crippen LogP contribution in [-0.4, -0.2) is 44.3 Å². The molecule has 3 unspecified atom stereocenters. The molecule has 1 amide bonds. The smallest absolute Gasteiger partial charge is 0.323 e. The summed E-state index contributed by atoms with van der Waals surface area (Å²) in [5, 5.41) is 8.03. The second kappa shape index (κ2) is 3.45. The van der Waals surface area contributed by atoms with Gasteiger partial charge in [-0.25, -0.2) is 0 Å². The Labute approximate surface area is 78.2 Å². The summed E-state index contributed by atoms with van der Waals surface area (Å²) >= 11 is 0. The number of hydrogen-bond donors (Lipinski definition) is 1. The lowest BCUT2D eigenvalue weighted by Gasteiger charge is -2.43. The quantitative estimate of drug-likeness (QED) is 0.615. The minimum atomic E-state index is -1.18. The van der Waals surface area contributed by atoms with E-state index in [1.807, 2.05) is 0 Å². The van der Waals surface area contributed by atoms with Crippen LogP contribution in [-0.2, 0) is 20.4 Å². The van der Waals surface area contributed by atoms with Gasteiger partial charge < -0.3 is 10.0 Å². The first-order valence-corrected chi connectivity index (χ1v) is 5.41. The number of hydrogen-bond acceptors (Lipinski definition) is 3. The maximum Gasteiger partial charge on any atom is 0.323 e. The number of carboxylic acid groups (broad SMARTS) is 1. The van der Waals surface area contributed by atoms with Crippen LogP contribution in [0.15, 0.2) is 0 Å². The van der Waals surface area contributed by atoms with Gasteiger partial charge >= 0.3 is 5.97 Å². The second-order valence-corrected chi connectivity index (χ2v) is 4.52. The van der Waals surface area contributed by atoms with Gasteiger partial charge in [-0.3, -0.25) is 13.8 Å². The first-order valence-electron chi connectivity index (χ1n) is 3.79. The Balaban J connectivity index is 2.68. The van der Waals surface area contributed by atoms with Crippen LogP contribution in [0.1, 0.15) is 6.92 Å². The van der Waals surface area contributed by atoms with Crippen LogP contribution < -0.4 is 0 Å². The summed E-state index contributed by atoms with van der Waals surface area (Å²) in [6.45, 7) is 1.31. The predicted molar refractivity (Wildman–Crippen MR) is 46.4 cm³/mol. The summed E-state index contributed by atoms with van der Waals surface area (Å²) in [6.07, 6.45) is 1.47. The zero-order chi connectivity index (χ0) is 10.2. The molecule has 5 nitrogen and oxygen atoms in total. The molecular formula is C7H11NO4S. The molecule has 0 aromatic rings. The normalized spacial score (nSPS) is 29.7. The van der Waals surface area contributed by atoms with Crippen LogP contribution in [0.2, 0.25) is 0 Å². The molecule has 0 spiro atoms. The Bertz CT molecular complexity index is 278. The predicted octanol–water partition coefficient (Wildman–Crippen LogP) is -0.746. The van der Waals surface area contributed by atoms with E-state index in [-0.39, 0.29) is 18.4 Å². The van der Waals surface area contributed by atoms with Gasteiger partial charge in [-0.2, -0.15) is 0 Å². The van der Waals surface area contributed by atoms with Crippen molar-refractivity contribution in [1.29, 1.82) is 0 Å². The number of carbonyl (C=O) groups is 2. The third-order valence-corrected chi connectivity index (χ3v) is 3.40. The van der Waals surface area contributed by atoms with E-state index in [1.165, 1.54) is 6.26 Å². The summed E-state index contributed by atoms with van der Waals surface area (Å²) < 4.78 is 11.1. The van der Waals surface area contributed by atoms with Gasteiger partial charge in [-0.05, 0) is 0 Å². The topological polar surface area (TPSA) is 74.7 Å². The van der Waals surface area contributed by atoms with Crippen LogP contribution in [0, 0.1) is 5.92 Å². The van der Waals surface area contributed by atoms with Crippen LogP contribution >= 0.6 is 0 Å². The van der Waals surface area contributed by atoms with Gasteiger partial charge in [0, 0.05) is 17.1 Å². The van der Waals surface area contributed by atoms with Gasteiger partial charge in [0.05, 0.1) is 5.92 Å². The highest BCUT2D eigenvalue weighted by atomic mass is 32.2. The van der Waals surface area contributed by atoms with E-state index in [9.17, 15) is 13.8 Å². The molecule has 1 heterocycles. The molecule has 0 aliphatic carbocycles. The number of amides is 1. The van der Waals surface area contributed by atoms with Crippen molar-refractivity contribution in [2.45, 2.75) is 12.3 Å². The highest BCUT2D eigenvalue weighted by Gasteiger charge is 2.47. The molecule has 6 heteroatoms. The number of nitrogens with zero attached hydrogens (tertiary/aromatic N) is 1. The van der Waals surface area contributed by atoms with E-state index in [1.54, 1.807) is 6.92 Å². The first-order chi connectivity index (χ1) is 5.95. The minimum Gasteiger partial charge on any atom is -0.480 e. The lowest BCUT2D eigenvalue weighted by molar-refractivity contribution is -0.156. The van der Waals surface area contributed by atoms with Crippen molar-refractivity contribution in [3.63, 3.8) is 0 Å². The fourth-order valence-corrected chi connectivity index (χ4v) is 2.71. The standard InChI is InChI=1S/C7H11NO4S/c1-4-6(11)8(3-5(9)10)7(4)13(2)12/h4,7H,3H2,1-2H3,(H,9,10). The largest absolute Gasteiger partial charge is 0.480 e. The number of carboxylic acids is 1. The molecule has 13 heavy (non-hydrogen) atoms. The fraction of sp³-hybridized carbons (Fsp3) is 0.714. The van der Waals surface area contributed by atoms with E-state index in [0.717, 1.165) is 4.90 Å². The molecule has 0 aromatic carbocycles. The molecule has 0 aromatic heterocycles. The molecule has 0 bridgehead atoms. The Morgan fingerprint density at radius 2 is 2.23 bits per heavy atom. The minimum absolute atomic E-state index is 0.234. The van der Waals surface area contributed by atoms with Gasteiger partial charge in [0.2, 0.25) is 5.91 Å². The van der Waals surface area contributed by atoms with Crippen molar-refractivity contribution in [2.24, 2.45) is 5.92 Å². The fourth-order valence-electron chi connectivity index (χ4n) is 1.48. The van der Waals surface area contributed by atoms with Crippen molar-refractivity contribution in [3.05, 3.63) is 0 Å². The lowest BCUT2D eigenvalue weighted by atomic mass is 10.0. The van der Waals surface area contributed by atoms with E-state index in [0.29, 0.717) is 0 Å². The Kier molecular flexibility index (Phi) is 2.70. The number of aliphatic carboxylic acids is 1. The second-order valence-electron chi connectivity index (χ2n) is 3.04. The molecule has 3 atom stereocenters.